The Bertz CT molecular complexity index is 256. The van der Waals surface area contributed by atoms with E-state index in [-0.39, 0.29) is 0 Å². The Hall–Kier alpha value is -0.530. The third kappa shape index (κ3) is 3.69. The molecule has 0 saturated heterocycles. The maximum absolute atomic E-state index is 5.71. The van der Waals surface area contributed by atoms with Crippen molar-refractivity contribution in [1.29, 1.82) is 0 Å². The molecule has 0 radical (unpaired) electrons. The van der Waals surface area contributed by atoms with Gasteiger partial charge in [0.15, 0.2) is 0 Å². The minimum Gasteiger partial charge on any atom is -0.289 e. The zero-order valence-electron chi connectivity index (χ0n) is 8.96. The van der Waals surface area contributed by atoms with Gasteiger partial charge in [-0.25, -0.2) is 0 Å². The molecule has 0 unspecified atom stereocenters. The summed E-state index contributed by atoms with van der Waals surface area (Å²) in [6, 6.07) is 9.38. The quantitative estimate of drug-likeness (QED) is 0.534. The van der Waals surface area contributed by atoms with Gasteiger partial charge in [-0.05, 0) is 24.6 Å². The van der Waals surface area contributed by atoms with Crippen LogP contribution < -0.4 is 0 Å². The molecule has 1 aromatic rings. The van der Waals surface area contributed by atoms with Crippen molar-refractivity contribution in [3.63, 3.8) is 0 Å². The SMILES string of the molecule is CCCc1ccc(CN(C)CCl)cc1. The number of halogens is 1. The number of aryl methyl sites for hydroxylation is 1. The molecule has 0 bridgehead atoms. The van der Waals surface area contributed by atoms with Crippen molar-refractivity contribution in [3.8, 4) is 0 Å². The summed E-state index contributed by atoms with van der Waals surface area (Å²) in [5.74, 6) is 0. The van der Waals surface area contributed by atoms with Crippen LogP contribution in [0.1, 0.15) is 24.5 Å². The Labute approximate surface area is 91.7 Å². The molecule has 0 atom stereocenters. The fourth-order valence-electron chi connectivity index (χ4n) is 1.45. The predicted molar refractivity (Wildman–Crippen MR) is 62.6 cm³/mol. The van der Waals surface area contributed by atoms with Crippen LogP contribution in [0.5, 0.6) is 0 Å². The van der Waals surface area contributed by atoms with Gasteiger partial charge in [0.25, 0.3) is 0 Å². The van der Waals surface area contributed by atoms with E-state index in [1.165, 1.54) is 24.0 Å². The first-order chi connectivity index (χ1) is 6.76. The molecule has 78 valence electrons. The van der Waals surface area contributed by atoms with E-state index >= 15 is 0 Å². The fraction of sp³-hybridized carbons (Fsp3) is 0.500. The lowest BCUT2D eigenvalue weighted by Crippen LogP contribution is -2.15. The summed E-state index contributed by atoms with van der Waals surface area (Å²) in [5.41, 5.74) is 2.75. The van der Waals surface area contributed by atoms with Gasteiger partial charge in [-0.1, -0.05) is 37.6 Å². The van der Waals surface area contributed by atoms with E-state index in [0.29, 0.717) is 6.00 Å². The first-order valence-electron chi connectivity index (χ1n) is 5.08. The average molecular weight is 212 g/mol. The Morgan fingerprint density at radius 2 is 1.71 bits per heavy atom. The van der Waals surface area contributed by atoms with Crippen LogP contribution in [0.3, 0.4) is 0 Å². The minimum atomic E-state index is 0.580. The number of alkyl halides is 1. The topological polar surface area (TPSA) is 3.24 Å². The van der Waals surface area contributed by atoms with Crippen LogP contribution in [0.25, 0.3) is 0 Å². The normalized spacial score (nSPS) is 10.9. The second-order valence-electron chi connectivity index (χ2n) is 3.70. The van der Waals surface area contributed by atoms with Crippen molar-refractivity contribution < 1.29 is 0 Å². The number of nitrogens with zero attached hydrogens (tertiary/aromatic N) is 1. The molecule has 1 rings (SSSR count). The van der Waals surface area contributed by atoms with Crippen molar-refractivity contribution >= 4 is 11.6 Å². The van der Waals surface area contributed by atoms with Crippen LogP contribution >= 0.6 is 11.6 Å². The number of hydrogen-bond donors (Lipinski definition) is 0. The van der Waals surface area contributed by atoms with Crippen molar-refractivity contribution in [2.75, 3.05) is 13.1 Å². The minimum absolute atomic E-state index is 0.580. The molecule has 0 aliphatic carbocycles. The summed E-state index contributed by atoms with van der Waals surface area (Å²) < 4.78 is 0. The van der Waals surface area contributed by atoms with E-state index in [1.807, 2.05) is 7.05 Å². The highest BCUT2D eigenvalue weighted by Gasteiger charge is 1.98. The molecule has 0 aliphatic rings. The highest BCUT2D eigenvalue weighted by Crippen LogP contribution is 2.08. The summed E-state index contributed by atoms with van der Waals surface area (Å²) in [6.45, 7) is 3.13. The molecule has 1 nitrogen and oxygen atoms in total. The molecule has 0 saturated carbocycles. The van der Waals surface area contributed by atoms with E-state index in [9.17, 15) is 0 Å². The van der Waals surface area contributed by atoms with Gasteiger partial charge in [0, 0.05) is 6.54 Å². The maximum Gasteiger partial charge on any atom is 0.0738 e. The largest absolute Gasteiger partial charge is 0.289 e. The van der Waals surface area contributed by atoms with Crippen LogP contribution in [0.15, 0.2) is 24.3 Å². The summed E-state index contributed by atoms with van der Waals surface area (Å²) in [5, 5.41) is 0. The second-order valence-corrected chi connectivity index (χ2v) is 3.94. The molecule has 0 aromatic heterocycles. The van der Waals surface area contributed by atoms with E-state index in [0.717, 1.165) is 6.54 Å². The molecule has 0 N–H and O–H groups in total. The third-order valence-corrected chi connectivity index (χ3v) is 2.63. The van der Waals surface area contributed by atoms with E-state index in [2.05, 4.69) is 36.1 Å². The van der Waals surface area contributed by atoms with E-state index in [1.54, 1.807) is 0 Å². The summed E-state index contributed by atoms with van der Waals surface area (Å²) in [7, 11) is 2.02. The molecule has 0 fully saturated rings. The Balaban J connectivity index is 2.54. The molecule has 0 spiro atoms. The molecule has 0 heterocycles. The van der Waals surface area contributed by atoms with Gasteiger partial charge >= 0.3 is 0 Å². The van der Waals surface area contributed by atoms with Gasteiger partial charge in [-0.3, -0.25) is 4.90 Å². The molecule has 1 aromatic carbocycles. The summed E-state index contributed by atoms with van der Waals surface area (Å²) in [4.78, 5) is 2.08. The van der Waals surface area contributed by atoms with Gasteiger partial charge in [-0.2, -0.15) is 0 Å². The van der Waals surface area contributed by atoms with Crippen molar-refractivity contribution in [1.82, 2.24) is 4.90 Å². The Morgan fingerprint density at radius 3 is 2.21 bits per heavy atom. The zero-order valence-corrected chi connectivity index (χ0v) is 9.72. The highest BCUT2D eigenvalue weighted by atomic mass is 35.5. The summed E-state index contributed by atoms with van der Waals surface area (Å²) >= 11 is 5.71. The molecule has 0 amide bonds. The first kappa shape index (κ1) is 11.5. The molecule has 0 aliphatic heterocycles. The fourth-order valence-corrected chi connectivity index (χ4v) is 1.54. The lowest BCUT2D eigenvalue weighted by atomic mass is 10.1. The molecule has 2 heteroatoms. The van der Waals surface area contributed by atoms with Gasteiger partial charge in [0.1, 0.15) is 0 Å². The maximum atomic E-state index is 5.71. The van der Waals surface area contributed by atoms with Gasteiger partial charge in [0.2, 0.25) is 0 Å². The monoisotopic (exact) mass is 211 g/mol. The van der Waals surface area contributed by atoms with E-state index < -0.39 is 0 Å². The van der Waals surface area contributed by atoms with Crippen LogP contribution in [-0.4, -0.2) is 18.0 Å². The van der Waals surface area contributed by atoms with Gasteiger partial charge in [0.05, 0.1) is 6.00 Å². The number of hydrogen-bond acceptors (Lipinski definition) is 1. The highest BCUT2D eigenvalue weighted by molar-refractivity contribution is 6.17. The van der Waals surface area contributed by atoms with Crippen molar-refractivity contribution in [3.05, 3.63) is 35.4 Å². The van der Waals surface area contributed by atoms with Gasteiger partial charge in [-0.15, -0.1) is 11.6 Å². The lowest BCUT2D eigenvalue weighted by Gasteiger charge is -2.12. The second kappa shape index (κ2) is 6.05. The number of benzene rings is 1. The smallest absolute Gasteiger partial charge is 0.0738 e. The lowest BCUT2D eigenvalue weighted by molar-refractivity contribution is 0.382. The van der Waals surface area contributed by atoms with Crippen LogP contribution in [0.4, 0.5) is 0 Å². The van der Waals surface area contributed by atoms with Crippen LogP contribution in [0.2, 0.25) is 0 Å². The standard InChI is InChI=1S/C12H18ClN/c1-3-4-11-5-7-12(8-6-11)9-14(2)10-13/h5-8H,3-4,9-10H2,1-2H3. The predicted octanol–water partition coefficient (Wildman–Crippen LogP) is 3.27. The summed E-state index contributed by atoms with van der Waals surface area (Å²) in [6.07, 6.45) is 2.38. The zero-order chi connectivity index (χ0) is 10.4. The van der Waals surface area contributed by atoms with Crippen molar-refractivity contribution in [2.45, 2.75) is 26.3 Å². The van der Waals surface area contributed by atoms with Crippen LogP contribution in [0, 0.1) is 0 Å². The molecular formula is C12H18ClN. The molecule has 14 heavy (non-hydrogen) atoms. The number of rotatable bonds is 5. The van der Waals surface area contributed by atoms with E-state index in [4.69, 9.17) is 11.6 Å². The Kier molecular flexibility index (Phi) is 4.99. The Morgan fingerprint density at radius 1 is 1.14 bits per heavy atom. The third-order valence-electron chi connectivity index (χ3n) is 2.22. The molecular weight excluding hydrogens is 194 g/mol. The van der Waals surface area contributed by atoms with Crippen molar-refractivity contribution in [2.24, 2.45) is 0 Å². The average Bonchev–Trinajstić information content (AvgIpc) is 2.21. The first-order valence-corrected chi connectivity index (χ1v) is 5.62. The van der Waals surface area contributed by atoms with Crippen LogP contribution in [-0.2, 0) is 13.0 Å². The van der Waals surface area contributed by atoms with Gasteiger partial charge < -0.3 is 0 Å².